The van der Waals surface area contributed by atoms with Crippen LogP contribution >= 0.6 is 0 Å². The van der Waals surface area contributed by atoms with Crippen LogP contribution in [-0.4, -0.2) is 11.8 Å². The summed E-state index contributed by atoms with van der Waals surface area (Å²) < 4.78 is 51.7. The first-order chi connectivity index (χ1) is 5.92. The molecule has 0 aliphatic rings. The van der Waals surface area contributed by atoms with E-state index in [1.165, 1.54) is 20.8 Å². The van der Waals surface area contributed by atoms with Gasteiger partial charge in [0.2, 0.25) is 5.67 Å². The third-order valence-electron chi connectivity index (χ3n) is 2.33. The van der Waals surface area contributed by atoms with Crippen molar-refractivity contribution < 1.29 is 17.6 Å². The average molecular weight is 214 g/mol. The molecule has 0 aromatic rings. The SMILES string of the molecule is CC(C)CC(F)(C(C)(C)C)C(F)(F)F. The predicted molar refractivity (Wildman–Crippen MR) is 48.8 cm³/mol. The first kappa shape index (κ1) is 13.7. The van der Waals surface area contributed by atoms with Crippen LogP contribution in [0.2, 0.25) is 0 Å². The summed E-state index contributed by atoms with van der Waals surface area (Å²) in [4.78, 5) is 0. The second-order valence-electron chi connectivity index (χ2n) is 5.15. The lowest BCUT2D eigenvalue weighted by Crippen LogP contribution is -2.52. The van der Waals surface area contributed by atoms with Gasteiger partial charge in [-0.25, -0.2) is 4.39 Å². The minimum absolute atomic E-state index is 0.319. The maximum Gasteiger partial charge on any atom is 0.423 e. The van der Waals surface area contributed by atoms with E-state index in [9.17, 15) is 17.6 Å². The van der Waals surface area contributed by atoms with E-state index in [1.807, 2.05) is 0 Å². The molecule has 0 nitrogen and oxygen atoms in total. The summed E-state index contributed by atoms with van der Waals surface area (Å²) in [5.41, 5.74) is -4.52. The Balaban J connectivity index is 5.07. The molecule has 0 radical (unpaired) electrons. The van der Waals surface area contributed by atoms with Crippen molar-refractivity contribution in [3.63, 3.8) is 0 Å². The second-order valence-corrected chi connectivity index (χ2v) is 5.15. The van der Waals surface area contributed by atoms with Crippen molar-refractivity contribution in [3.05, 3.63) is 0 Å². The Morgan fingerprint density at radius 1 is 0.929 bits per heavy atom. The normalized spacial score (nSPS) is 18.4. The van der Waals surface area contributed by atoms with E-state index < -0.39 is 23.7 Å². The lowest BCUT2D eigenvalue weighted by Gasteiger charge is -2.40. The zero-order valence-electron chi connectivity index (χ0n) is 9.30. The van der Waals surface area contributed by atoms with Gasteiger partial charge in [-0.3, -0.25) is 0 Å². The van der Waals surface area contributed by atoms with Gasteiger partial charge in [-0.15, -0.1) is 0 Å². The Hall–Kier alpha value is -0.280. The smallest absolute Gasteiger partial charge is 0.233 e. The molecule has 86 valence electrons. The van der Waals surface area contributed by atoms with Crippen LogP contribution in [0.4, 0.5) is 17.6 Å². The maximum atomic E-state index is 13.9. The molecule has 0 rings (SSSR count). The van der Waals surface area contributed by atoms with Crippen molar-refractivity contribution in [2.45, 2.75) is 52.9 Å². The van der Waals surface area contributed by atoms with E-state index >= 15 is 0 Å². The van der Waals surface area contributed by atoms with Crippen molar-refractivity contribution in [1.82, 2.24) is 0 Å². The Morgan fingerprint density at radius 2 is 1.29 bits per heavy atom. The van der Waals surface area contributed by atoms with Crippen molar-refractivity contribution in [3.8, 4) is 0 Å². The Kier molecular flexibility index (Phi) is 3.63. The van der Waals surface area contributed by atoms with Crippen LogP contribution in [0.5, 0.6) is 0 Å². The lowest BCUT2D eigenvalue weighted by atomic mass is 9.73. The first-order valence-electron chi connectivity index (χ1n) is 4.67. The van der Waals surface area contributed by atoms with Gasteiger partial charge in [0.05, 0.1) is 0 Å². The van der Waals surface area contributed by atoms with Crippen LogP contribution < -0.4 is 0 Å². The molecule has 0 aromatic heterocycles. The van der Waals surface area contributed by atoms with E-state index in [0.717, 1.165) is 0 Å². The monoisotopic (exact) mass is 214 g/mol. The zero-order valence-corrected chi connectivity index (χ0v) is 9.30. The number of alkyl halides is 4. The highest BCUT2D eigenvalue weighted by atomic mass is 19.4. The number of rotatable bonds is 2. The lowest BCUT2D eigenvalue weighted by molar-refractivity contribution is -0.268. The molecule has 0 aliphatic carbocycles. The zero-order chi connectivity index (χ0) is 11.8. The van der Waals surface area contributed by atoms with E-state index in [-0.39, 0.29) is 5.92 Å². The summed E-state index contributed by atoms with van der Waals surface area (Å²) in [5, 5.41) is 0. The van der Waals surface area contributed by atoms with Gasteiger partial charge in [0, 0.05) is 5.41 Å². The third-order valence-corrected chi connectivity index (χ3v) is 2.33. The van der Waals surface area contributed by atoms with E-state index in [2.05, 4.69) is 0 Å². The molecule has 0 aliphatic heterocycles. The molecule has 14 heavy (non-hydrogen) atoms. The van der Waals surface area contributed by atoms with Crippen molar-refractivity contribution in [1.29, 1.82) is 0 Å². The summed E-state index contributed by atoms with van der Waals surface area (Å²) in [6, 6.07) is 0. The van der Waals surface area contributed by atoms with Gasteiger partial charge in [0.15, 0.2) is 0 Å². The standard InChI is InChI=1S/C10H18F4/c1-7(2)6-9(11,8(3,4)5)10(12,13)14/h7H,6H2,1-5H3. The molecule has 1 unspecified atom stereocenters. The largest absolute Gasteiger partial charge is 0.423 e. The number of hydrogen-bond acceptors (Lipinski definition) is 0. The molecule has 1 atom stereocenters. The molecular formula is C10H18F4. The van der Waals surface area contributed by atoms with Gasteiger partial charge >= 0.3 is 6.18 Å². The van der Waals surface area contributed by atoms with Gasteiger partial charge < -0.3 is 0 Å². The van der Waals surface area contributed by atoms with Crippen LogP contribution in [0, 0.1) is 11.3 Å². The average Bonchev–Trinajstić information content (AvgIpc) is 1.79. The van der Waals surface area contributed by atoms with Crippen LogP contribution in [-0.2, 0) is 0 Å². The number of halogens is 4. The van der Waals surface area contributed by atoms with Crippen LogP contribution in [0.25, 0.3) is 0 Å². The molecule has 0 heterocycles. The van der Waals surface area contributed by atoms with Gasteiger partial charge in [0.25, 0.3) is 0 Å². The number of hydrogen-bond donors (Lipinski definition) is 0. The van der Waals surface area contributed by atoms with Gasteiger partial charge in [-0.05, 0) is 12.3 Å². The van der Waals surface area contributed by atoms with Crippen molar-refractivity contribution >= 4 is 0 Å². The molecular weight excluding hydrogens is 196 g/mol. The molecule has 0 aromatic carbocycles. The fraction of sp³-hybridized carbons (Fsp3) is 1.00. The Labute approximate surface area is 82.7 Å². The molecule has 0 bridgehead atoms. The van der Waals surface area contributed by atoms with Crippen LogP contribution in [0.3, 0.4) is 0 Å². The predicted octanol–water partition coefficient (Wildman–Crippen LogP) is 4.35. The molecule has 0 spiro atoms. The van der Waals surface area contributed by atoms with Crippen molar-refractivity contribution in [2.75, 3.05) is 0 Å². The Morgan fingerprint density at radius 3 is 1.36 bits per heavy atom. The molecule has 0 saturated carbocycles. The van der Waals surface area contributed by atoms with Crippen LogP contribution in [0.15, 0.2) is 0 Å². The molecule has 0 N–H and O–H groups in total. The van der Waals surface area contributed by atoms with E-state index in [1.54, 1.807) is 13.8 Å². The third kappa shape index (κ3) is 2.61. The molecule has 0 saturated heterocycles. The summed E-state index contributed by atoms with van der Waals surface area (Å²) in [7, 11) is 0. The summed E-state index contributed by atoms with van der Waals surface area (Å²) >= 11 is 0. The van der Waals surface area contributed by atoms with Gasteiger partial charge in [-0.1, -0.05) is 34.6 Å². The molecule has 0 amide bonds. The molecule has 0 fully saturated rings. The van der Waals surface area contributed by atoms with Crippen molar-refractivity contribution in [2.24, 2.45) is 11.3 Å². The summed E-state index contributed by atoms with van der Waals surface area (Å²) in [6.07, 6.45) is -5.28. The first-order valence-corrected chi connectivity index (χ1v) is 4.67. The minimum Gasteiger partial charge on any atom is -0.233 e. The second kappa shape index (κ2) is 3.70. The highest BCUT2D eigenvalue weighted by Gasteiger charge is 2.62. The Bertz CT molecular complexity index is 171. The van der Waals surface area contributed by atoms with Crippen LogP contribution in [0.1, 0.15) is 41.0 Å². The summed E-state index contributed by atoms with van der Waals surface area (Å²) in [6.45, 7) is 7.02. The highest BCUT2D eigenvalue weighted by Crippen LogP contribution is 2.50. The quantitative estimate of drug-likeness (QED) is 0.599. The fourth-order valence-corrected chi connectivity index (χ4v) is 1.41. The molecule has 4 heteroatoms. The maximum absolute atomic E-state index is 13.9. The van der Waals surface area contributed by atoms with Gasteiger partial charge in [0.1, 0.15) is 0 Å². The van der Waals surface area contributed by atoms with E-state index in [0.29, 0.717) is 0 Å². The topological polar surface area (TPSA) is 0 Å². The summed E-state index contributed by atoms with van der Waals surface area (Å²) in [5.74, 6) is -0.319. The highest BCUT2D eigenvalue weighted by molar-refractivity contribution is 4.97. The fourth-order valence-electron chi connectivity index (χ4n) is 1.41. The van der Waals surface area contributed by atoms with Gasteiger partial charge in [-0.2, -0.15) is 13.2 Å². The van der Waals surface area contributed by atoms with E-state index in [4.69, 9.17) is 0 Å². The minimum atomic E-state index is -4.80.